The van der Waals surface area contributed by atoms with Crippen molar-refractivity contribution in [3.05, 3.63) is 59.6 Å². The molecule has 21 heavy (non-hydrogen) atoms. The van der Waals surface area contributed by atoms with Crippen molar-refractivity contribution in [2.45, 2.75) is 6.92 Å². The van der Waals surface area contributed by atoms with Gasteiger partial charge in [0.25, 0.3) is 4.83 Å². The molecule has 0 N–H and O–H groups in total. The molecule has 0 fully saturated rings. The second-order valence-electron chi connectivity index (χ2n) is 4.16. The Morgan fingerprint density at radius 2 is 1.48 bits per heavy atom. The van der Waals surface area contributed by atoms with Gasteiger partial charge in [0.1, 0.15) is 0 Å². The minimum atomic E-state index is -4.94. The number of rotatable bonds is 1. The number of aromatic nitrogens is 1. The summed E-state index contributed by atoms with van der Waals surface area (Å²) in [6, 6.07) is 16.9. The number of aryl methyl sites for hydroxylation is 1. The van der Waals surface area contributed by atoms with Crippen LogP contribution in [0.25, 0.3) is 16.1 Å². The van der Waals surface area contributed by atoms with Gasteiger partial charge in [-0.1, -0.05) is 29.5 Å². The van der Waals surface area contributed by atoms with Crippen LogP contribution in [0.2, 0.25) is 0 Å². The van der Waals surface area contributed by atoms with Crippen LogP contribution in [0.1, 0.15) is 4.88 Å². The quantitative estimate of drug-likeness (QED) is 0.520. The minimum absolute atomic E-state index is 1.28. The van der Waals surface area contributed by atoms with Crippen molar-refractivity contribution in [1.82, 2.24) is 0 Å². The summed E-state index contributed by atoms with van der Waals surface area (Å²) in [6.45, 7) is 2.18. The van der Waals surface area contributed by atoms with Crippen molar-refractivity contribution in [3.8, 4) is 11.3 Å². The first-order valence-corrected chi connectivity index (χ1v) is 7.98. The molecule has 0 saturated heterocycles. The number of thiazole rings is 1. The number of nitrogens with zero attached hydrogens (tertiary/aromatic N) is 1. The second kappa shape index (κ2) is 6.48. The molecule has 0 spiro atoms. The lowest BCUT2D eigenvalue weighted by Gasteiger charge is -2.17. The van der Waals surface area contributed by atoms with E-state index in [1.807, 2.05) is 11.3 Å². The maximum Gasteiger partial charge on any atom is 0.267 e. The molecule has 0 aliphatic rings. The van der Waals surface area contributed by atoms with E-state index >= 15 is 0 Å². The molecule has 110 valence electrons. The van der Waals surface area contributed by atoms with Crippen molar-refractivity contribution in [2.24, 2.45) is 0 Å². The van der Waals surface area contributed by atoms with E-state index in [1.54, 1.807) is 0 Å². The van der Waals surface area contributed by atoms with Gasteiger partial charge in [-0.05, 0) is 25.1 Å². The van der Waals surface area contributed by atoms with Crippen molar-refractivity contribution in [2.75, 3.05) is 0 Å². The largest absolute Gasteiger partial charge is 0.267 e. The Bertz CT molecular complexity index is 719. The van der Waals surface area contributed by atoms with Crippen LogP contribution in [-0.4, -0.2) is 0 Å². The van der Waals surface area contributed by atoms with Gasteiger partial charge in [0, 0.05) is 17.7 Å². The fourth-order valence-corrected chi connectivity index (χ4v) is 3.03. The summed E-state index contributed by atoms with van der Waals surface area (Å²) in [5.41, 5.74) is 2.59. The molecule has 7 heteroatoms. The van der Waals surface area contributed by atoms with Gasteiger partial charge in [-0.3, -0.25) is 0 Å². The molecule has 0 atom stereocenters. The topological polar surface area (TPSA) is 96.3 Å². The Morgan fingerprint density at radius 1 is 0.905 bits per heavy atom. The smallest absolute Gasteiger partial charge is 0.222 e. The van der Waals surface area contributed by atoms with Crippen LogP contribution >= 0.6 is 11.3 Å². The molecule has 3 rings (SSSR count). The normalized spacial score (nSPS) is 11.1. The SMILES string of the molecule is Cc1sc2cccc[n+]2c1-c1ccccc1.[O-][Cl+3]([O-])([O-])[O-]. The van der Waals surface area contributed by atoms with Crippen LogP contribution in [0, 0.1) is 17.2 Å². The molecule has 3 aromatic rings. The number of hydrogen-bond donors (Lipinski definition) is 0. The molecule has 0 saturated carbocycles. The van der Waals surface area contributed by atoms with Crippen LogP contribution in [0.5, 0.6) is 0 Å². The van der Waals surface area contributed by atoms with E-state index in [4.69, 9.17) is 18.6 Å². The number of benzene rings is 1. The van der Waals surface area contributed by atoms with E-state index in [2.05, 4.69) is 66.1 Å². The zero-order valence-electron chi connectivity index (χ0n) is 11.1. The zero-order chi connectivity index (χ0) is 15.5. The van der Waals surface area contributed by atoms with Gasteiger partial charge in [-0.25, -0.2) is 18.6 Å². The second-order valence-corrected chi connectivity index (χ2v) is 6.15. The molecule has 0 bridgehead atoms. The first-order valence-electron chi connectivity index (χ1n) is 5.93. The van der Waals surface area contributed by atoms with E-state index in [-0.39, 0.29) is 0 Å². The molecule has 2 heterocycles. The minimum Gasteiger partial charge on any atom is -0.222 e. The van der Waals surface area contributed by atoms with Gasteiger partial charge in [0.15, 0.2) is 6.20 Å². The number of fused-ring (bicyclic) bond motifs is 1. The highest BCUT2D eigenvalue weighted by Crippen LogP contribution is 2.25. The summed E-state index contributed by atoms with van der Waals surface area (Å²) in [7, 11) is -4.94. The van der Waals surface area contributed by atoms with E-state index in [0.29, 0.717) is 0 Å². The van der Waals surface area contributed by atoms with E-state index in [1.165, 1.54) is 21.0 Å². The highest BCUT2D eigenvalue weighted by atomic mass is 35.7. The van der Waals surface area contributed by atoms with Gasteiger partial charge in [0.2, 0.25) is 5.69 Å². The molecular weight excluding hydrogens is 314 g/mol. The Hall–Kier alpha value is -1.54. The summed E-state index contributed by atoms with van der Waals surface area (Å²) in [6.07, 6.45) is 2.13. The van der Waals surface area contributed by atoms with E-state index < -0.39 is 10.2 Å². The van der Waals surface area contributed by atoms with Crippen LogP contribution in [0.4, 0.5) is 0 Å². The Labute approximate surface area is 127 Å². The van der Waals surface area contributed by atoms with E-state index in [0.717, 1.165) is 0 Å². The lowest BCUT2D eigenvalue weighted by atomic mass is 10.1. The molecule has 2 aromatic heterocycles. The predicted molar refractivity (Wildman–Crippen MR) is 67.7 cm³/mol. The van der Waals surface area contributed by atoms with Gasteiger partial charge in [-0.15, -0.1) is 14.6 Å². The van der Waals surface area contributed by atoms with Crippen LogP contribution in [0.3, 0.4) is 0 Å². The van der Waals surface area contributed by atoms with Gasteiger partial charge in [-0.2, -0.15) is 0 Å². The van der Waals surface area contributed by atoms with Crippen LogP contribution in [-0.2, 0) is 0 Å². The molecule has 1 aromatic carbocycles. The zero-order valence-corrected chi connectivity index (χ0v) is 12.6. The fraction of sp³-hybridized carbons (Fsp3) is 0.0714. The monoisotopic (exact) mass is 325 g/mol. The average Bonchev–Trinajstić information content (AvgIpc) is 2.73. The molecule has 0 aliphatic heterocycles. The highest BCUT2D eigenvalue weighted by molar-refractivity contribution is 7.17. The molecule has 0 radical (unpaired) electrons. The Morgan fingerprint density at radius 3 is 2.10 bits per heavy atom. The average molecular weight is 326 g/mol. The van der Waals surface area contributed by atoms with Gasteiger partial charge < -0.3 is 0 Å². The number of halogens is 1. The molecule has 0 unspecified atom stereocenters. The molecule has 5 nitrogen and oxygen atoms in total. The van der Waals surface area contributed by atoms with E-state index in [9.17, 15) is 0 Å². The fourth-order valence-electron chi connectivity index (χ4n) is 2.01. The van der Waals surface area contributed by atoms with Crippen molar-refractivity contribution in [3.63, 3.8) is 0 Å². The lowest BCUT2D eigenvalue weighted by molar-refractivity contribution is -2.00. The van der Waals surface area contributed by atoms with Gasteiger partial charge >= 0.3 is 0 Å². The first-order chi connectivity index (χ1) is 9.86. The van der Waals surface area contributed by atoms with Crippen molar-refractivity contribution < 1.29 is 33.3 Å². The summed E-state index contributed by atoms with van der Waals surface area (Å²) < 4.78 is 36.2. The summed E-state index contributed by atoms with van der Waals surface area (Å²) in [4.78, 5) is 2.65. The third-order valence-electron chi connectivity index (χ3n) is 2.70. The van der Waals surface area contributed by atoms with Gasteiger partial charge in [0.05, 0.1) is 4.88 Å². The maximum atomic E-state index is 8.49. The highest BCUT2D eigenvalue weighted by Gasteiger charge is 2.18. The molecular formula is C14H12ClNO4S. The summed E-state index contributed by atoms with van der Waals surface area (Å²) >= 11 is 1.84. The number of pyridine rings is 1. The third-order valence-corrected chi connectivity index (χ3v) is 3.74. The summed E-state index contributed by atoms with van der Waals surface area (Å²) in [5, 5.41) is 0. The Balaban J connectivity index is 0.000000282. The molecule has 0 amide bonds. The standard InChI is InChI=1S/C14H12NS.ClHO4/c1-11-14(12-7-3-2-4-8-12)15-10-6-5-9-13(15)16-11;2-1(3,4)5/h2-10H,1H3;(H,2,3,4,5)/q+1;/p-1. The maximum absolute atomic E-state index is 8.49. The van der Waals surface area contributed by atoms with Crippen molar-refractivity contribution >= 4 is 16.2 Å². The van der Waals surface area contributed by atoms with Crippen molar-refractivity contribution in [1.29, 1.82) is 0 Å². The summed E-state index contributed by atoms with van der Waals surface area (Å²) in [5.74, 6) is 0. The Kier molecular flexibility index (Phi) is 4.89. The molecule has 0 aliphatic carbocycles. The first kappa shape index (κ1) is 15.8. The number of hydrogen-bond acceptors (Lipinski definition) is 5. The third kappa shape index (κ3) is 4.47. The predicted octanol–water partition coefficient (Wildman–Crippen LogP) is -1.29. The van der Waals surface area contributed by atoms with Crippen LogP contribution in [0.15, 0.2) is 54.7 Å². The lowest BCUT2D eigenvalue weighted by Crippen LogP contribution is -2.68. The van der Waals surface area contributed by atoms with Crippen LogP contribution < -0.4 is 23.0 Å².